The fraction of sp³-hybridized carbons (Fsp3) is 0.455. The number of pyridine rings is 1. The van der Waals surface area contributed by atoms with E-state index in [0.717, 1.165) is 0 Å². The minimum Gasteiger partial charge on any atom is -0.393 e. The topological polar surface area (TPSA) is 51.4 Å². The maximum Gasteiger partial charge on any atom is 0.166 e. The van der Waals surface area contributed by atoms with Crippen molar-refractivity contribution >= 4 is 39.0 Å². The van der Waals surface area contributed by atoms with Crippen LogP contribution in [-0.2, 0) is 4.74 Å². The van der Waals surface area contributed by atoms with Crippen LogP contribution in [0, 0.1) is 5.82 Å². The van der Waals surface area contributed by atoms with Gasteiger partial charge in [0.1, 0.15) is 0 Å². The second-order valence-electron chi connectivity index (χ2n) is 3.66. The van der Waals surface area contributed by atoms with Crippen LogP contribution in [0.1, 0.15) is 6.42 Å². The van der Waals surface area contributed by atoms with Gasteiger partial charge in [-0.1, -0.05) is 12.2 Å². The van der Waals surface area contributed by atoms with E-state index in [9.17, 15) is 4.39 Å². The number of aromatic nitrogens is 1. The highest BCUT2D eigenvalue weighted by atomic mass is 79.9. The number of rotatable bonds is 7. The molecule has 0 saturated heterocycles. The maximum absolute atomic E-state index is 13.8. The van der Waals surface area contributed by atoms with Crippen LogP contribution in [0.2, 0.25) is 0 Å². The highest BCUT2D eigenvalue weighted by Crippen LogP contribution is 2.20. The molecule has 0 amide bonds. The number of methoxy groups -OCH3 is 1. The van der Waals surface area contributed by atoms with Crippen molar-refractivity contribution in [3.63, 3.8) is 0 Å². The number of anilines is 1. The summed E-state index contributed by atoms with van der Waals surface area (Å²) in [7, 11) is 1.59. The second kappa shape index (κ2) is 7.60. The van der Waals surface area contributed by atoms with Crippen molar-refractivity contribution in [2.75, 3.05) is 31.7 Å². The molecule has 0 spiro atoms. The first-order chi connectivity index (χ1) is 8.54. The summed E-state index contributed by atoms with van der Waals surface area (Å²) in [5.41, 5.74) is 5.46. The van der Waals surface area contributed by atoms with Crippen molar-refractivity contribution in [2.24, 2.45) is 5.73 Å². The lowest BCUT2D eigenvalue weighted by Gasteiger charge is -2.23. The van der Waals surface area contributed by atoms with Gasteiger partial charge >= 0.3 is 0 Å². The van der Waals surface area contributed by atoms with Crippen LogP contribution in [0.3, 0.4) is 0 Å². The summed E-state index contributed by atoms with van der Waals surface area (Å²) in [6.07, 6.45) is 2.06. The van der Waals surface area contributed by atoms with E-state index in [-0.39, 0.29) is 11.6 Å². The normalized spacial score (nSPS) is 10.4. The lowest BCUT2D eigenvalue weighted by atomic mass is 10.3. The zero-order valence-electron chi connectivity index (χ0n) is 10.0. The van der Waals surface area contributed by atoms with Gasteiger partial charge in [0.25, 0.3) is 0 Å². The van der Waals surface area contributed by atoms with Crippen molar-refractivity contribution in [3.8, 4) is 0 Å². The van der Waals surface area contributed by atoms with E-state index in [0.29, 0.717) is 35.6 Å². The largest absolute Gasteiger partial charge is 0.393 e. The Bertz CT molecular complexity index is 419. The van der Waals surface area contributed by atoms with Gasteiger partial charge in [-0.15, -0.1) is 0 Å². The monoisotopic (exact) mass is 335 g/mol. The van der Waals surface area contributed by atoms with E-state index in [1.807, 2.05) is 0 Å². The van der Waals surface area contributed by atoms with Gasteiger partial charge in [-0.2, -0.15) is 0 Å². The molecule has 1 aromatic rings. The molecule has 100 valence electrons. The van der Waals surface area contributed by atoms with Gasteiger partial charge in [0.15, 0.2) is 11.6 Å². The molecule has 0 aliphatic rings. The van der Waals surface area contributed by atoms with E-state index in [2.05, 4.69) is 20.9 Å². The van der Waals surface area contributed by atoms with E-state index in [1.165, 1.54) is 6.07 Å². The first-order valence-corrected chi connectivity index (χ1v) is 6.58. The van der Waals surface area contributed by atoms with E-state index < -0.39 is 0 Å². The molecule has 0 aromatic carbocycles. The number of thiocarbonyl (C=S) groups is 1. The van der Waals surface area contributed by atoms with Crippen LogP contribution in [0.25, 0.3) is 0 Å². The van der Waals surface area contributed by atoms with Crippen LogP contribution in [-0.4, -0.2) is 36.8 Å². The molecule has 18 heavy (non-hydrogen) atoms. The third-order valence-electron chi connectivity index (χ3n) is 2.28. The van der Waals surface area contributed by atoms with Crippen molar-refractivity contribution in [3.05, 3.63) is 22.6 Å². The second-order valence-corrected chi connectivity index (χ2v) is 5.10. The number of hydrogen-bond acceptors (Lipinski definition) is 4. The molecule has 4 nitrogen and oxygen atoms in total. The smallest absolute Gasteiger partial charge is 0.166 e. The predicted octanol–water partition coefficient (Wildman–Crippen LogP) is 2.11. The molecule has 0 fully saturated rings. The van der Waals surface area contributed by atoms with Crippen LogP contribution >= 0.6 is 28.1 Å². The Morgan fingerprint density at radius 3 is 2.89 bits per heavy atom. The molecule has 0 saturated carbocycles. The van der Waals surface area contributed by atoms with Crippen LogP contribution < -0.4 is 10.6 Å². The van der Waals surface area contributed by atoms with Crippen molar-refractivity contribution < 1.29 is 9.13 Å². The fourth-order valence-electron chi connectivity index (χ4n) is 1.41. The standard InChI is InChI=1S/C11H15BrFN3OS/c1-17-5-4-16(3-2-10(14)18)11-9(13)6-8(12)7-15-11/h6-7H,2-5H2,1H3,(H2,14,18). The summed E-state index contributed by atoms with van der Waals surface area (Å²) in [4.78, 5) is 6.24. The molecular weight excluding hydrogens is 321 g/mol. The van der Waals surface area contributed by atoms with Crippen molar-refractivity contribution in [1.82, 2.24) is 4.98 Å². The Hall–Kier alpha value is -0.790. The van der Waals surface area contributed by atoms with Crippen molar-refractivity contribution in [1.29, 1.82) is 0 Å². The van der Waals surface area contributed by atoms with Gasteiger partial charge in [-0.25, -0.2) is 9.37 Å². The number of nitrogens with two attached hydrogens (primary N) is 1. The number of hydrogen-bond donors (Lipinski definition) is 1. The number of ether oxygens (including phenoxy) is 1. The van der Waals surface area contributed by atoms with E-state index in [1.54, 1.807) is 18.2 Å². The van der Waals surface area contributed by atoms with Gasteiger partial charge < -0.3 is 15.4 Å². The molecule has 1 aromatic heterocycles. The summed E-state index contributed by atoms with van der Waals surface area (Å²) in [5, 5.41) is 0. The maximum atomic E-state index is 13.8. The summed E-state index contributed by atoms with van der Waals surface area (Å²) in [5.74, 6) is -0.102. The first-order valence-electron chi connectivity index (χ1n) is 5.38. The number of nitrogens with zero attached hydrogens (tertiary/aromatic N) is 2. The Morgan fingerprint density at radius 1 is 1.61 bits per heavy atom. The molecule has 1 rings (SSSR count). The molecule has 7 heteroatoms. The summed E-state index contributed by atoms with van der Waals surface area (Å²) in [6.45, 7) is 1.53. The molecule has 0 atom stereocenters. The lowest BCUT2D eigenvalue weighted by Crippen LogP contribution is -2.32. The molecule has 0 aliphatic heterocycles. The summed E-state index contributed by atoms with van der Waals surface area (Å²) in [6, 6.07) is 1.38. The minimum atomic E-state index is -0.386. The Labute approximate surface area is 119 Å². The van der Waals surface area contributed by atoms with E-state index >= 15 is 0 Å². The zero-order chi connectivity index (χ0) is 13.5. The molecule has 2 N–H and O–H groups in total. The quantitative estimate of drug-likeness (QED) is 0.773. The van der Waals surface area contributed by atoms with Gasteiger partial charge in [0.2, 0.25) is 0 Å². The highest BCUT2D eigenvalue weighted by molar-refractivity contribution is 9.10. The van der Waals surface area contributed by atoms with Crippen LogP contribution in [0.15, 0.2) is 16.7 Å². The Balaban J connectivity index is 2.82. The summed E-state index contributed by atoms with van der Waals surface area (Å²) < 4.78 is 19.4. The van der Waals surface area contributed by atoms with Gasteiger partial charge in [0.05, 0.1) is 11.6 Å². The third kappa shape index (κ3) is 4.83. The molecule has 0 radical (unpaired) electrons. The molecule has 1 heterocycles. The molecule has 0 aliphatic carbocycles. The van der Waals surface area contributed by atoms with Gasteiger partial charge in [-0.05, 0) is 22.0 Å². The average Bonchev–Trinajstić information content (AvgIpc) is 2.30. The Kier molecular flexibility index (Phi) is 6.45. The van der Waals surface area contributed by atoms with Crippen molar-refractivity contribution in [2.45, 2.75) is 6.42 Å². The minimum absolute atomic E-state index is 0.284. The predicted molar refractivity (Wildman–Crippen MR) is 77.4 cm³/mol. The highest BCUT2D eigenvalue weighted by Gasteiger charge is 2.13. The summed E-state index contributed by atoms with van der Waals surface area (Å²) >= 11 is 8.00. The SMILES string of the molecule is COCCN(CCC(N)=S)c1ncc(Br)cc1F. The van der Waals surface area contributed by atoms with Gasteiger partial charge in [0, 0.05) is 37.3 Å². The van der Waals surface area contributed by atoms with Crippen LogP contribution in [0.4, 0.5) is 10.2 Å². The van der Waals surface area contributed by atoms with E-state index in [4.69, 9.17) is 22.7 Å². The third-order valence-corrected chi connectivity index (χ3v) is 2.92. The lowest BCUT2D eigenvalue weighted by molar-refractivity contribution is 0.205. The van der Waals surface area contributed by atoms with Gasteiger partial charge in [-0.3, -0.25) is 0 Å². The van der Waals surface area contributed by atoms with Crippen LogP contribution in [0.5, 0.6) is 0 Å². The average molecular weight is 336 g/mol. The molecular formula is C11H15BrFN3OS. The molecule has 0 unspecified atom stereocenters. The first kappa shape index (κ1) is 15.3. The molecule has 0 bridgehead atoms. The fourth-order valence-corrected chi connectivity index (χ4v) is 1.80. The zero-order valence-corrected chi connectivity index (χ0v) is 12.4. The Morgan fingerprint density at radius 2 is 2.33 bits per heavy atom. The number of halogens is 2.